The Morgan fingerprint density at radius 1 is 1.27 bits per heavy atom. The number of aromatic nitrogens is 2. The van der Waals surface area contributed by atoms with E-state index in [1.165, 1.54) is 18.7 Å². The van der Waals surface area contributed by atoms with E-state index in [9.17, 15) is 9.59 Å². The van der Waals surface area contributed by atoms with Gasteiger partial charge in [-0.1, -0.05) is 0 Å². The topological polar surface area (TPSA) is 85.9 Å². The van der Waals surface area contributed by atoms with Crippen LogP contribution < -0.4 is 5.73 Å². The first-order valence-corrected chi connectivity index (χ1v) is 2.81. The van der Waals surface area contributed by atoms with Crippen LogP contribution in [0.15, 0.2) is 18.7 Å². The van der Waals surface area contributed by atoms with Gasteiger partial charge in [-0.25, -0.2) is 9.97 Å². The summed E-state index contributed by atoms with van der Waals surface area (Å²) in [5.41, 5.74) is 4.84. The zero-order valence-corrected chi connectivity index (χ0v) is 5.52. The van der Waals surface area contributed by atoms with E-state index in [1.54, 1.807) is 0 Å². The highest BCUT2D eigenvalue weighted by Gasteiger charge is 2.11. The second kappa shape index (κ2) is 2.87. The lowest BCUT2D eigenvalue weighted by Gasteiger charge is -1.91. The van der Waals surface area contributed by atoms with Gasteiger partial charge < -0.3 is 5.73 Å². The smallest absolute Gasteiger partial charge is 0.289 e. The van der Waals surface area contributed by atoms with Gasteiger partial charge in [0.05, 0.1) is 5.56 Å². The lowest BCUT2D eigenvalue weighted by Crippen LogP contribution is -2.23. The molecule has 0 aliphatic carbocycles. The molecular formula is C6H5N3O2. The number of ketones is 1. The molecule has 0 saturated heterocycles. The molecule has 1 aromatic heterocycles. The summed E-state index contributed by atoms with van der Waals surface area (Å²) >= 11 is 0. The molecule has 0 spiro atoms. The second-order valence-corrected chi connectivity index (χ2v) is 1.82. The van der Waals surface area contributed by atoms with Crippen LogP contribution in [0.5, 0.6) is 0 Å². The Balaban J connectivity index is 2.95. The normalized spacial score (nSPS) is 9.09. The molecule has 0 aliphatic rings. The van der Waals surface area contributed by atoms with Crippen molar-refractivity contribution >= 4 is 11.7 Å². The third kappa shape index (κ3) is 1.57. The maximum atomic E-state index is 10.8. The van der Waals surface area contributed by atoms with Crippen LogP contribution in [0.2, 0.25) is 0 Å². The van der Waals surface area contributed by atoms with Crippen LogP contribution in [-0.2, 0) is 4.79 Å². The number of Topliss-reactive ketones (excluding diaryl/α,β-unsaturated/α-hetero) is 1. The van der Waals surface area contributed by atoms with Crippen molar-refractivity contribution in [3.63, 3.8) is 0 Å². The molecule has 0 unspecified atom stereocenters. The number of hydrogen-bond donors (Lipinski definition) is 1. The van der Waals surface area contributed by atoms with Gasteiger partial charge in [0.2, 0.25) is 0 Å². The van der Waals surface area contributed by atoms with Gasteiger partial charge >= 0.3 is 0 Å². The van der Waals surface area contributed by atoms with Crippen molar-refractivity contribution in [1.82, 2.24) is 9.97 Å². The number of amides is 1. The van der Waals surface area contributed by atoms with Gasteiger partial charge in [-0.15, -0.1) is 0 Å². The number of carbonyl (C=O) groups excluding carboxylic acids is 2. The Labute approximate surface area is 62.3 Å². The third-order valence-electron chi connectivity index (χ3n) is 1.05. The van der Waals surface area contributed by atoms with Crippen LogP contribution in [0.25, 0.3) is 0 Å². The third-order valence-corrected chi connectivity index (χ3v) is 1.05. The highest BCUT2D eigenvalue weighted by molar-refractivity contribution is 6.42. The van der Waals surface area contributed by atoms with E-state index >= 15 is 0 Å². The lowest BCUT2D eigenvalue weighted by molar-refractivity contribution is -0.114. The summed E-state index contributed by atoms with van der Waals surface area (Å²) in [6, 6.07) is 0. The molecule has 5 heteroatoms. The van der Waals surface area contributed by atoms with Crippen LogP contribution in [0.4, 0.5) is 0 Å². The van der Waals surface area contributed by atoms with Crippen LogP contribution in [0.3, 0.4) is 0 Å². The summed E-state index contributed by atoms with van der Waals surface area (Å²) in [5, 5.41) is 0. The average Bonchev–Trinajstić information content (AvgIpc) is 2.05. The first-order valence-electron chi connectivity index (χ1n) is 2.81. The predicted molar refractivity (Wildman–Crippen MR) is 35.6 cm³/mol. The maximum absolute atomic E-state index is 10.8. The molecular weight excluding hydrogens is 146 g/mol. The van der Waals surface area contributed by atoms with Gasteiger partial charge in [0.15, 0.2) is 0 Å². The number of primary amides is 1. The van der Waals surface area contributed by atoms with Crippen LogP contribution in [-0.4, -0.2) is 21.7 Å². The molecule has 0 radical (unpaired) electrons. The van der Waals surface area contributed by atoms with Crippen LogP contribution >= 0.6 is 0 Å². The van der Waals surface area contributed by atoms with E-state index in [1.807, 2.05) is 0 Å². The average molecular weight is 151 g/mol. The number of hydrogen-bond acceptors (Lipinski definition) is 4. The summed E-state index contributed by atoms with van der Waals surface area (Å²) in [6.45, 7) is 0. The molecule has 0 bridgehead atoms. The monoisotopic (exact) mass is 151 g/mol. The quantitative estimate of drug-likeness (QED) is 0.440. The Morgan fingerprint density at radius 3 is 2.27 bits per heavy atom. The van der Waals surface area contributed by atoms with E-state index in [4.69, 9.17) is 5.73 Å². The lowest BCUT2D eigenvalue weighted by atomic mass is 10.2. The van der Waals surface area contributed by atoms with Crippen LogP contribution in [0, 0.1) is 0 Å². The fourth-order valence-electron chi connectivity index (χ4n) is 0.559. The molecule has 5 nitrogen and oxygen atoms in total. The molecule has 0 aliphatic heterocycles. The van der Waals surface area contributed by atoms with Crippen molar-refractivity contribution in [2.75, 3.05) is 0 Å². The molecule has 0 atom stereocenters. The molecule has 1 heterocycles. The van der Waals surface area contributed by atoms with Crippen LogP contribution in [0.1, 0.15) is 10.4 Å². The largest absolute Gasteiger partial charge is 0.363 e. The highest BCUT2D eigenvalue weighted by atomic mass is 16.2. The zero-order chi connectivity index (χ0) is 8.27. The molecule has 56 valence electrons. The van der Waals surface area contributed by atoms with Crippen molar-refractivity contribution in [3.05, 3.63) is 24.3 Å². The number of nitrogens with two attached hydrogens (primary N) is 1. The maximum Gasteiger partial charge on any atom is 0.289 e. The molecule has 0 saturated carbocycles. The molecule has 1 rings (SSSR count). The SMILES string of the molecule is NC(=O)C(=O)c1cncnc1. The molecule has 0 fully saturated rings. The Bertz CT molecular complexity index is 283. The minimum atomic E-state index is -1.00. The Morgan fingerprint density at radius 2 is 1.82 bits per heavy atom. The van der Waals surface area contributed by atoms with E-state index in [2.05, 4.69) is 9.97 Å². The van der Waals surface area contributed by atoms with Gasteiger partial charge in [-0.05, 0) is 0 Å². The number of nitrogens with zero attached hydrogens (tertiary/aromatic N) is 2. The summed E-state index contributed by atoms with van der Waals surface area (Å²) in [6.07, 6.45) is 3.73. The summed E-state index contributed by atoms with van der Waals surface area (Å²) in [5.74, 6) is -1.77. The number of carbonyl (C=O) groups is 2. The Hall–Kier alpha value is -1.78. The molecule has 1 aromatic rings. The van der Waals surface area contributed by atoms with Crippen molar-refractivity contribution in [3.8, 4) is 0 Å². The van der Waals surface area contributed by atoms with Crippen molar-refractivity contribution in [1.29, 1.82) is 0 Å². The summed E-state index contributed by atoms with van der Waals surface area (Å²) < 4.78 is 0. The van der Waals surface area contributed by atoms with Gasteiger partial charge in [0.1, 0.15) is 6.33 Å². The Kier molecular flexibility index (Phi) is 1.91. The molecule has 0 aromatic carbocycles. The minimum Gasteiger partial charge on any atom is -0.363 e. The zero-order valence-electron chi connectivity index (χ0n) is 5.52. The van der Waals surface area contributed by atoms with E-state index in [0.717, 1.165) is 0 Å². The first-order chi connectivity index (χ1) is 5.22. The summed E-state index contributed by atoms with van der Waals surface area (Å²) in [7, 11) is 0. The van der Waals surface area contributed by atoms with Crippen molar-refractivity contribution in [2.45, 2.75) is 0 Å². The van der Waals surface area contributed by atoms with Gasteiger partial charge in [-0.2, -0.15) is 0 Å². The fourth-order valence-corrected chi connectivity index (χ4v) is 0.559. The predicted octanol–water partition coefficient (Wildman–Crippen LogP) is -0.855. The van der Waals surface area contributed by atoms with Crippen molar-refractivity contribution in [2.24, 2.45) is 5.73 Å². The standard InChI is InChI=1S/C6H5N3O2/c7-6(11)5(10)4-1-8-3-9-2-4/h1-3H,(H2,7,11). The highest BCUT2D eigenvalue weighted by Crippen LogP contribution is 1.92. The van der Waals surface area contributed by atoms with Gasteiger partial charge in [0.25, 0.3) is 11.7 Å². The minimum absolute atomic E-state index is 0.111. The van der Waals surface area contributed by atoms with Crippen molar-refractivity contribution < 1.29 is 9.59 Å². The summed E-state index contributed by atoms with van der Waals surface area (Å²) in [4.78, 5) is 28.2. The first kappa shape index (κ1) is 7.33. The van der Waals surface area contributed by atoms with E-state index < -0.39 is 11.7 Å². The van der Waals surface area contributed by atoms with Gasteiger partial charge in [0, 0.05) is 12.4 Å². The van der Waals surface area contributed by atoms with E-state index in [0.29, 0.717) is 0 Å². The van der Waals surface area contributed by atoms with E-state index in [-0.39, 0.29) is 5.56 Å². The molecule has 1 amide bonds. The molecule has 2 N–H and O–H groups in total. The molecule has 11 heavy (non-hydrogen) atoms. The number of rotatable bonds is 2. The second-order valence-electron chi connectivity index (χ2n) is 1.82. The fraction of sp³-hybridized carbons (Fsp3) is 0. The van der Waals surface area contributed by atoms with Gasteiger partial charge in [-0.3, -0.25) is 9.59 Å².